The number of rotatable bonds is 13. The third-order valence-corrected chi connectivity index (χ3v) is 10.6. The first-order valence-electron chi connectivity index (χ1n) is 20.9. The Balaban J connectivity index is 0.000000179. The Bertz CT molecular complexity index is 3070. The summed E-state index contributed by atoms with van der Waals surface area (Å²) in [6.45, 7) is 2.54. The molecule has 4 heterocycles. The molecule has 0 spiro atoms. The smallest absolute Gasteiger partial charge is 0.341 e. The van der Waals surface area contributed by atoms with Gasteiger partial charge in [0.15, 0.2) is 0 Å². The molecule has 0 aliphatic rings. The van der Waals surface area contributed by atoms with E-state index in [4.69, 9.17) is 14.2 Å². The highest BCUT2D eigenvalue weighted by atomic mass is 16.5. The second-order valence-electron chi connectivity index (χ2n) is 14.6. The molecule has 9 rings (SSSR count). The maximum Gasteiger partial charge on any atom is 0.341 e. The number of benzene rings is 5. The van der Waals surface area contributed by atoms with Crippen molar-refractivity contribution in [3.05, 3.63) is 193 Å². The lowest BCUT2D eigenvalue weighted by molar-refractivity contribution is 0.0527. The molecule has 0 aliphatic carbocycles. The number of aromatic nitrogens is 4. The number of nitrogens with one attached hydrogen (secondary N) is 3. The number of nitrogens with zero attached hydrogens (tertiary/aromatic N) is 4. The Morgan fingerprint density at radius 2 is 1.03 bits per heavy atom. The molecule has 0 atom stereocenters. The van der Waals surface area contributed by atoms with Crippen LogP contribution in [0.3, 0.4) is 0 Å². The van der Waals surface area contributed by atoms with Crippen LogP contribution in [0.25, 0.3) is 43.8 Å². The van der Waals surface area contributed by atoms with Crippen molar-refractivity contribution in [3.8, 4) is 33.8 Å². The molecular weight excluding hydrogens is 815 g/mol. The zero-order chi connectivity index (χ0) is 45.0. The van der Waals surface area contributed by atoms with E-state index in [1.807, 2.05) is 122 Å². The zero-order valence-corrected chi connectivity index (χ0v) is 36.0. The van der Waals surface area contributed by atoms with Gasteiger partial charge in [-0.25, -0.2) is 14.8 Å². The molecule has 0 bridgehead atoms. The molecule has 9 aromatic rings. The van der Waals surface area contributed by atoms with Crippen LogP contribution in [0.5, 0.6) is 11.5 Å². The lowest BCUT2D eigenvalue weighted by Crippen LogP contribution is -2.24. The Labute approximate surface area is 376 Å². The molecule has 0 fully saturated rings. The van der Waals surface area contributed by atoms with Crippen molar-refractivity contribution in [2.45, 2.75) is 13.5 Å². The van der Waals surface area contributed by atoms with E-state index in [0.29, 0.717) is 35.9 Å². The van der Waals surface area contributed by atoms with Gasteiger partial charge in [-0.1, -0.05) is 66.7 Å². The minimum Gasteiger partial charge on any atom is -0.496 e. The second-order valence-corrected chi connectivity index (χ2v) is 14.6. The predicted octanol–water partition coefficient (Wildman–Crippen LogP) is 11.2. The predicted molar refractivity (Wildman–Crippen MR) is 256 cm³/mol. The number of hydrogen-bond acceptors (Lipinski definition) is 11. The van der Waals surface area contributed by atoms with Crippen LogP contribution < -0.4 is 25.4 Å². The number of esters is 1. The molecule has 65 heavy (non-hydrogen) atoms. The highest BCUT2D eigenvalue weighted by molar-refractivity contribution is 6.02. The van der Waals surface area contributed by atoms with Crippen LogP contribution in [0, 0.1) is 0 Å². The Morgan fingerprint density at radius 3 is 1.54 bits per heavy atom. The summed E-state index contributed by atoms with van der Waals surface area (Å²) in [5, 5.41) is 13.5. The number of fused-ring (bicyclic) bond motifs is 2. The number of ether oxygens (including phenoxy) is 3. The molecule has 0 aliphatic heterocycles. The van der Waals surface area contributed by atoms with E-state index in [0.717, 1.165) is 72.2 Å². The van der Waals surface area contributed by atoms with Gasteiger partial charge >= 0.3 is 5.97 Å². The van der Waals surface area contributed by atoms with E-state index in [9.17, 15) is 9.59 Å². The third kappa shape index (κ3) is 10.0. The average Bonchev–Trinajstić information content (AvgIpc) is 3.36. The summed E-state index contributed by atoms with van der Waals surface area (Å²) < 4.78 is 16.1. The molecule has 1 amide bonds. The summed E-state index contributed by atoms with van der Waals surface area (Å²) in [6.07, 6.45) is 10.5. The van der Waals surface area contributed by atoms with Crippen molar-refractivity contribution in [1.29, 1.82) is 0 Å². The van der Waals surface area contributed by atoms with Crippen molar-refractivity contribution in [1.82, 2.24) is 25.3 Å². The van der Waals surface area contributed by atoms with Gasteiger partial charge in [0.25, 0.3) is 5.91 Å². The van der Waals surface area contributed by atoms with E-state index in [1.54, 1.807) is 70.2 Å². The van der Waals surface area contributed by atoms with Crippen molar-refractivity contribution >= 4 is 56.4 Å². The SMILES string of the molecule is CCOC(=O)c1cccnc1Nc1ccc(-c2ccc(OC)c3cnccc23)cc1.COc1ccc(-c2ccc(Nc3ncccc3C(=O)NCc3ccccc3)cc2)c2ccncc12. The molecule has 0 saturated carbocycles. The average molecular weight is 860 g/mol. The van der Waals surface area contributed by atoms with Gasteiger partial charge in [-0.05, 0) is 118 Å². The molecule has 12 nitrogen and oxygen atoms in total. The number of anilines is 4. The summed E-state index contributed by atoms with van der Waals surface area (Å²) in [5.74, 6) is 1.98. The normalized spacial score (nSPS) is 10.6. The molecule has 12 heteroatoms. The van der Waals surface area contributed by atoms with Crippen LogP contribution in [-0.4, -0.2) is 52.6 Å². The molecule has 0 saturated heterocycles. The maximum atomic E-state index is 12.8. The highest BCUT2D eigenvalue weighted by Crippen LogP contribution is 2.36. The van der Waals surface area contributed by atoms with E-state index in [-0.39, 0.29) is 5.91 Å². The highest BCUT2D eigenvalue weighted by Gasteiger charge is 2.16. The summed E-state index contributed by atoms with van der Waals surface area (Å²) in [6, 6.07) is 44.7. The van der Waals surface area contributed by atoms with Gasteiger partial charge in [-0.2, -0.15) is 0 Å². The summed E-state index contributed by atoms with van der Waals surface area (Å²) in [5.41, 5.74) is 7.89. The molecule has 5 aromatic carbocycles. The number of methoxy groups -OCH3 is 2. The Hall–Kier alpha value is -8.64. The Morgan fingerprint density at radius 1 is 0.523 bits per heavy atom. The van der Waals surface area contributed by atoms with Crippen LogP contribution in [0.15, 0.2) is 177 Å². The maximum absolute atomic E-state index is 12.8. The number of amides is 1. The number of hydrogen-bond donors (Lipinski definition) is 3. The van der Waals surface area contributed by atoms with Crippen LogP contribution in [-0.2, 0) is 11.3 Å². The van der Waals surface area contributed by atoms with E-state index >= 15 is 0 Å². The van der Waals surface area contributed by atoms with Crippen LogP contribution in [0.1, 0.15) is 33.2 Å². The van der Waals surface area contributed by atoms with Gasteiger partial charge in [0.05, 0.1) is 26.4 Å². The van der Waals surface area contributed by atoms with Gasteiger partial charge in [0.1, 0.15) is 28.7 Å². The summed E-state index contributed by atoms with van der Waals surface area (Å²) in [4.78, 5) is 42.1. The first kappa shape index (κ1) is 43.0. The van der Waals surface area contributed by atoms with Crippen molar-refractivity contribution in [2.75, 3.05) is 31.5 Å². The zero-order valence-electron chi connectivity index (χ0n) is 36.0. The first-order valence-corrected chi connectivity index (χ1v) is 20.9. The molecule has 4 aromatic heterocycles. The largest absolute Gasteiger partial charge is 0.496 e. The fourth-order valence-electron chi connectivity index (χ4n) is 7.37. The van der Waals surface area contributed by atoms with Crippen LogP contribution in [0.2, 0.25) is 0 Å². The van der Waals surface area contributed by atoms with Gasteiger partial charge < -0.3 is 30.2 Å². The van der Waals surface area contributed by atoms with Gasteiger partial charge in [-0.3, -0.25) is 14.8 Å². The van der Waals surface area contributed by atoms with E-state index in [2.05, 4.69) is 42.0 Å². The van der Waals surface area contributed by atoms with Crippen molar-refractivity contribution in [3.63, 3.8) is 0 Å². The fraction of sp³-hybridized carbons (Fsp3) is 0.0943. The van der Waals surface area contributed by atoms with Gasteiger partial charge in [-0.15, -0.1) is 0 Å². The molecular formula is C53H45N7O5. The van der Waals surface area contributed by atoms with Crippen LogP contribution >= 0.6 is 0 Å². The number of carbonyl (C=O) groups excluding carboxylic acids is 2. The van der Waals surface area contributed by atoms with E-state index in [1.165, 1.54) is 0 Å². The monoisotopic (exact) mass is 859 g/mol. The number of pyridine rings is 4. The van der Waals surface area contributed by atoms with Gasteiger partial charge in [0.2, 0.25) is 0 Å². The lowest BCUT2D eigenvalue weighted by Gasteiger charge is -2.13. The topological polar surface area (TPSA) is 149 Å². The molecule has 0 radical (unpaired) electrons. The Kier molecular flexibility index (Phi) is 13.6. The minimum absolute atomic E-state index is 0.181. The lowest BCUT2D eigenvalue weighted by atomic mass is 9.98. The third-order valence-electron chi connectivity index (χ3n) is 10.6. The van der Waals surface area contributed by atoms with Crippen molar-refractivity contribution in [2.24, 2.45) is 0 Å². The second kappa shape index (κ2) is 20.5. The molecule has 322 valence electrons. The number of carbonyl (C=O) groups is 2. The fourth-order valence-corrected chi connectivity index (χ4v) is 7.37. The molecule has 3 N–H and O–H groups in total. The van der Waals surface area contributed by atoms with Crippen LogP contribution in [0.4, 0.5) is 23.0 Å². The minimum atomic E-state index is -0.400. The van der Waals surface area contributed by atoms with E-state index < -0.39 is 5.97 Å². The standard InChI is InChI=1S/C29H24N4O2.C24H21N3O3/c1-35-27-14-13-23(24-15-17-30-19-26(24)27)21-9-11-22(12-10-21)33-28-25(8-5-16-31-28)29(34)32-18-20-6-3-2-4-7-20;1-3-30-24(28)20-5-4-13-26-23(20)27-17-8-6-16(7-9-17)18-10-11-22(29-2)21-15-25-14-12-19(18)21/h2-17,19H,18H2,1H3,(H,31,33)(H,32,34);4-15H,3H2,1-2H3,(H,26,27). The van der Waals surface area contributed by atoms with Crippen molar-refractivity contribution < 1.29 is 23.8 Å². The first-order chi connectivity index (χ1) is 31.9. The summed E-state index contributed by atoms with van der Waals surface area (Å²) in [7, 11) is 3.32. The van der Waals surface area contributed by atoms with Gasteiger partial charge in [0, 0.05) is 65.9 Å². The summed E-state index contributed by atoms with van der Waals surface area (Å²) >= 11 is 0. The quantitative estimate of drug-likeness (QED) is 0.0951. The molecule has 0 unspecified atom stereocenters.